The maximum atomic E-state index is 11.9. The van der Waals surface area contributed by atoms with Gasteiger partial charge in [0.15, 0.2) is 0 Å². The molecule has 2 aliphatic rings. The minimum absolute atomic E-state index is 0.203. The van der Waals surface area contributed by atoms with Gasteiger partial charge in [-0.2, -0.15) is 0 Å². The number of carboxylic acids is 1. The zero-order chi connectivity index (χ0) is 14.1. The lowest BCUT2D eigenvalue weighted by molar-refractivity contribution is 0.0697. The van der Waals surface area contributed by atoms with Gasteiger partial charge in [-0.25, -0.2) is 9.59 Å². The summed E-state index contributed by atoms with van der Waals surface area (Å²) >= 11 is 0. The van der Waals surface area contributed by atoms with Crippen LogP contribution in [0.25, 0.3) is 0 Å². The monoisotopic (exact) mass is 274 g/mol. The van der Waals surface area contributed by atoms with Gasteiger partial charge in [0.1, 0.15) is 0 Å². The van der Waals surface area contributed by atoms with Crippen molar-refractivity contribution in [3.05, 3.63) is 29.8 Å². The summed E-state index contributed by atoms with van der Waals surface area (Å²) in [5.41, 5.74) is 0.819. The van der Waals surface area contributed by atoms with Crippen LogP contribution in [0.2, 0.25) is 0 Å². The number of aromatic carboxylic acids is 1. The minimum atomic E-state index is -0.969. The van der Waals surface area contributed by atoms with Crippen molar-refractivity contribution in [2.75, 3.05) is 5.32 Å². The average Bonchev–Trinajstić information content (AvgIpc) is 3.01. The van der Waals surface area contributed by atoms with Crippen LogP contribution in [0.1, 0.15) is 36.0 Å². The Balaban J connectivity index is 1.55. The number of hydrogen-bond donors (Lipinski definition) is 3. The van der Waals surface area contributed by atoms with Crippen LogP contribution in [-0.2, 0) is 0 Å². The first-order chi connectivity index (χ1) is 9.61. The van der Waals surface area contributed by atoms with Crippen molar-refractivity contribution < 1.29 is 14.7 Å². The van der Waals surface area contributed by atoms with Crippen LogP contribution in [0.15, 0.2) is 24.3 Å². The number of rotatable bonds is 3. The summed E-state index contributed by atoms with van der Waals surface area (Å²) in [5, 5.41) is 14.6. The van der Waals surface area contributed by atoms with Crippen LogP contribution < -0.4 is 10.6 Å². The Morgan fingerprint density at radius 2 is 1.85 bits per heavy atom. The molecule has 2 bridgehead atoms. The first-order valence-corrected chi connectivity index (χ1v) is 7.02. The number of carboxylic acid groups (broad SMARTS) is 1. The standard InChI is InChI=1S/C15H18N2O3/c18-14(19)10-3-5-12(6-4-10)16-15(20)17-13-8-9-1-2-11(13)7-9/h3-6,9,11,13H,1-2,7-8H2,(H,18,19)(H2,16,17,20). The zero-order valence-electron chi connectivity index (χ0n) is 11.1. The van der Waals surface area contributed by atoms with Crippen LogP contribution >= 0.6 is 0 Å². The molecule has 1 aromatic carbocycles. The third-order valence-electron chi connectivity index (χ3n) is 4.44. The molecule has 0 heterocycles. The molecule has 2 aliphatic carbocycles. The van der Waals surface area contributed by atoms with Gasteiger partial charge < -0.3 is 15.7 Å². The molecule has 1 aromatic rings. The molecule has 3 atom stereocenters. The fourth-order valence-electron chi connectivity index (χ4n) is 3.45. The van der Waals surface area contributed by atoms with Crippen molar-refractivity contribution in [3.8, 4) is 0 Å². The predicted octanol–water partition coefficient (Wildman–Crippen LogP) is 2.69. The van der Waals surface area contributed by atoms with Gasteiger partial charge in [0.25, 0.3) is 0 Å². The Kier molecular flexibility index (Phi) is 3.34. The fourth-order valence-corrected chi connectivity index (χ4v) is 3.45. The number of fused-ring (bicyclic) bond motifs is 2. The summed E-state index contributed by atoms with van der Waals surface area (Å²) in [7, 11) is 0. The highest BCUT2D eigenvalue weighted by Crippen LogP contribution is 2.44. The van der Waals surface area contributed by atoms with Gasteiger partial charge in [0, 0.05) is 11.7 Å². The Bertz CT molecular complexity index is 526. The third kappa shape index (κ3) is 2.61. The first-order valence-electron chi connectivity index (χ1n) is 7.02. The molecule has 2 saturated carbocycles. The molecule has 0 spiro atoms. The summed E-state index contributed by atoms with van der Waals surface area (Å²) in [6, 6.07) is 6.26. The molecule has 5 nitrogen and oxygen atoms in total. The van der Waals surface area contributed by atoms with E-state index < -0.39 is 5.97 Å². The van der Waals surface area contributed by atoms with Crippen molar-refractivity contribution in [1.82, 2.24) is 5.32 Å². The second kappa shape index (κ2) is 5.15. The van der Waals surface area contributed by atoms with Gasteiger partial charge in [-0.05, 0) is 55.4 Å². The number of nitrogens with one attached hydrogen (secondary N) is 2. The predicted molar refractivity (Wildman–Crippen MR) is 74.8 cm³/mol. The van der Waals surface area contributed by atoms with Crippen molar-refractivity contribution in [2.24, 2.45) is 11.8 Å². The van der Waals surface area contributed by atoms with Gasteiger partial charge in [0.2, 0.25) is 0 Å². The molecule has 0 aromatic heterocycles. The summed E-state index contributed by atoms with van der Waals surface area (Å²) in [6.07, 6.45) is 4.87. The van der Waals surface area contributed by atoms with Gasteiger partial charge in [0.05, 0.1) is 5.56 Å². The summed E-state index contributed by atoms with van der Waals surface area (Å²) in [6.45, 7) is 0. The maximum absolute atomic E-state index is 11.9. The maximum Gasteiger partial charge on any atom is 0.335 e. The molecule has 2 fully saturated rings. The summed E-state index contributed by atoms with van der Waals surface area (Å²) < 4.78 is 0. The van der Waals surface area contributed by atoms with E-state index in [1.165, 1.54) is 31.4 Å². The topological polar surface area (TPSA) is 78.4 Å². The molecule has 3 N–H and O–H groups in total. The Morgan fingerprint density at radius 3 is 2.40 bits per heavy atom. The molecule has 0 saturated heterocycles. The Morgan fingerprint density at radius 1 is 1.10 bits per heavy atom. The van der Waals surface area contributed by atoms with E-state index >= 15 is 0 Å². The smallest absolute Gasteiger partial charge is 0.335 e. The van der Waals surface area contributed by atoms with E-state index in [-0.39, 0.29) is 11.6 Å². The molecule has 106 valence electrons. The van der Waals surface area contributed by atoms with Crippen molar-refractivity contribution in [3.63, 3.8) is 0 Å². The van der Waals surface area contributed by atoms with Crippen molar-refractivity contribution in [1.29, 1.82) is 0 Å². The summed E-state index contributed by atoms with van der Waals surface area (Å²) in [5.74, 6) is 0.461. The SMILES string of the molecule is O=C(Nc1ccc(C(=O)O)cc1)NC1CC2CCC1C2. The lowest BCUT2D eigenvalue weighted by atomic mass is 9.95. The Labute approximate surface area is 117 Å². The van der Waals surface area contributed by atoms with Crippen molar-refractivity contribution >= 4 is 17.7 Å². The summed E-state index contributed by atoms with van der Waals surface area (Å²) in [4.78, 5) is 22.7. The van der Waals surface area contributed by atoms with Crippen LogP contribution in [-0.4, -0.2) is 23.1 Å². The third-order valence-corrected chi connectivity index (χ3v) is 4.44. The molecule has 2 amide bonds. The molecular formula is C15H18N2O3. The van der Waals surface area contributed by atoms with E-state index in [1.807, 2.05) is 0 Å². The molecule has 0 radical (unpaired) electrons. The lowest BCUT2D eigenvalue weighted by Crippen LogP contribution is -2.40. The van der Waals surface area contributed by atoms with E-state index in [0.717, 1.165) is 12.3 Å². The van der Waals surface area contributed by atoms with Crippen LogP contribution in [0.4, 0.5) is 10.5 Å². The second-order valence-corrected chi connectivity index (χ2v) is 5.76. The lowest BCUT2D eigenvalue weighted by Gasteiger charge is -2.23. The van der Waals surface area contributed by atoms with Crippen LogP contribution in [0, 0.1) is 11.8 Å². The van der Waals surface area contributed by atoms with Gasteiger partial charge in [-0.3, -0.25) is 0 Å². The number of benzene rings is 1. The molecule has 3 unspecified atom stereocenters. The normalized spacial score (nSPS) is 27.3. The number of anilines is 1. The number of urea groups is 1. The second-order valence-electron chi connectivity index (χ2n) is 5.76. The number of amides is 2. The largest absolute Gasteiger partial charge is 0.478 e. The number of hydrogen-bond acceptors (Lipinski definition) is 2. The minimum Gasteiger partial charge on any atom is -0.478 e. The fraction of sp³-hybridized carbons (Fsp3) is 0.467. The van der Waals surface area contributed by atoms with E-state index in [9.17, 15) is 9.59 Å². The van der Waals surface area contributed by atoms with E-state index in [1.54, 1.807) is 12.1 Å². The highest BCUT2D eigenvalue weighted by molar-refractivity contribution is 5.91. The van der Waals surface area contributed by atoms with E-state index in [0.29, 0.717) is 17.6 Å². The molecule has 0 aliphatic heterocycles. The molecule has 3 rings (SSSR count). The highest BCUT2D eigenvalue weighted by Gasteiger charge is 2.40. The molecule has 5 heteroatoms. The average molecular weight is 274 g/mol. The van der Waals surface area contributed by atoms with Gasteiger partial charge in [-0.1, -0.05) is 6.42 Å². The molecule has 20 heavy (non-hydrogen) atoms. The van der Waals surface area contributed by atoms with E-state index in [2.05, 4.69) is 10.6 Å². The van der Waals surface area contributed by atoms with Crippen molar-refractivity contribution in [2.45, 2.75) is 31.7 Å². The number of carbonyl (C=O) groups is 2. The first kappa shape index (κ1) is 13.0. The quantitative estimate of drug-likeness (QED) is 0.793. The van der Waals surface area contributed by atoms with Gasteiger partial charge in [-0.15, -0.1) is 0 Å². The van der Waals surface area contributed by atoms with Gasteiger partial charge >= 0.3 is 12.0 Å². The highest BCUT2D eigenvalue weighted by atomic mass is 16.4. The zero-order valence-corrected chi connectivity index (χ0v) is 11.1. The Hall–Kier alpha value is -2.04. The number of carbonyl (C=O) groups excluding carboxylic acids is 1. The molecular weight excluding hydrogens is 256 g/mol. The van der Waals surface area contributed by atoms with Crippen LogP contribution in [0.5, 0.6) is 0 Å². The van der Waals surface area contributed by atoms with E-state index in [4.69, 9.17) is 5.11 Å². The van der Waals surface area contributed by atoms with Crippen LogP contribution in [0.3, 0.4) is 0 Å².